The van der Waals surface area contributed by atoms with E-state index < -0.39 is 0 Å². The molecule has 4 nitrogen and oxygen atoms in total. The molecule has 24 heavy (non-hydrogen) atoms. The van der Waals surface area contributed by atoms with E-state index in [2.05, 4.69) is 4.98 Å². The smallest absolute Gasteiger partial charge is 0.259 e. The number of hydrogen-bond donors (Lipinski definition) is 0. The summed E-state index contributed by atoms with van der Waals surface area (Å²) in [7, 11) is 1.95. The summed E-state index contributed by atoms with van der Waals surface area (Å²) in [5.74, 6) is 3.25. The highest BCUT2D eigenvalue weighted by atomic mass is 16.5. The van der Waals surface area contributed by atoms with Crippen LogP contribution in [0.3, 0.4) is 0 Å². The van der Waals surface area contributed by atoms with E-state index in [1.165, 1.54) is 38.5 Å². The third kappa shape index (κ3) is 2.80. The lowest BCUT2D eigenvalue weighted by atomic mass is 9.49. The molecular weight excluding hydrogens is 300 g/mol. The van der Waals surface area contributed by atoms with Gasteiger partial charge in [0.1, 0.15) is 5.56 Å². The second-order valence-corrected chi connectivity index (χ2v) is 8.37. The van der Waals surface area contributed by atoms with Gasteiger partial charge in [-0.2, -0.15) is 0 Å². The van der Waals surface area contributed by atoms with E-state index in [0.717, 1.165) is 24.3 Å². The average Bonchev–Trinajstić information content (AvgIpc) is 2.53. The SMILES string of the molecule is CCOc1ncccc1C(=O)N(C)CC12CC3CC(CC(C3)C1)C2. The van der Waals surface area contributed by atoms with Crippen LogP contribution < -0.4 is 4.74 Å². The van der Waals surface area contributed by atoms with Crippen LogP contribution in [-0.4, -0.2) is 36.0 Å². The average molecular weight is 328 g/mol. The monoisotopic (exact) mass is 328 g/mol. The minimum Gasteiger partial charge on any atom is -0.477 e. The van der Waals surface area contributed by atoms with Gasteiger partial charge in [-0.1, -0.05) is 0 Å². The molecule has 0 saturated heterocycles. The maximum absolute atomic E-state index is 13.0. The van der Waals surface area contributed by atoms with Crippen molar-refractivity contribution in [3.63, 3.8) is 0 Å². The maximum atomic E-state index is 13.0. The maximum Gasteiger partial charge on any atom is 0.259 e. The van der Waals surface area contributed by atoms with E-state index in [9.17, 15) is 4.79 Å². The van der Waals surface area contributed by atoms with Crippen molar-refractivity contribution in [2.24, 2.45) is 23.2 Å². The predicted octanol–water partition coefficient (Wildman–Crippen LogP) is 3.77. The zero-order valence-corrected chi connectivity index (χ0v) is 14.8. The summed E-state index contributed by atoms with van der Waals surface area (Å²) >= 11 is 0. The zero-order chi connectivity index (χ0) is 16.7. The van der Waals surface area contributed by atoms with Crippen LogP contribution in [0.5, 0.6) is 5.88 Å². The van der Waals surface area contributed by atoms with Crippen molar-refractivity contribution < 1.29 is 9.53 Å². The largest absolute Gasteiger partial charge is 0.477 e. The Morgan fingerprint density at radius 2 is 1.88 bits per heavy atom. The van der Waals surface area contributed by atoms with Gasteiger partial charge in [-0.25, -0.2) is 4.98 Å². The number of amides is 1. The molecule has 0 radical (unpaired) electrons. The van der Waals surface area contributed by atoms with Gasteiger partial charge in [0.15, 0.2) is 0 Å². The first-order chi connectivity index (χ1) is 11.6. The molecule has 4 saturated carbocycles. The fourth-order valence-electron chi connectivity index (χ4n) is 6.07. The van der Waals surface area contributed by atoms with Gasteiger partial charge in [-0.3, -0.25) is 4.79 Å². The summed E-state index contributed by atoms with van der Waals surface area (Å²) in [4.78, 5) is 19.1. The summed E-state index contributed by atoms with van der Waals surface area (Å²) in [5, 5.41) is 0. The van der Waals surface area contributed by atoms with Crippen molar-refractivity contribution in [2.75, 3.05) is 20.2 Å². The first-order valence-corrected chi connectivity index (χ1v) is 9.42. The molecule has 4 bridgehead atoms. The van der Waals surface area contributed by atoms with Gasteiger partial charge in [0, 0.05) is 19.8 Å². The van der Waals surface area contributed by atoms with Crippen LogP contribution in [0, 0.1) is 23.2 Å². The fraction of sp³-hybridized carbons (Fsp3) is 0.700. The van der Waals surface area contributed by atoms with Crippen LogP contribution in [0.4, 0.5) is 0 Å². The summed E-state index contributed by atoms with van der Waals surface area (Å²) < 4.78 is 5.54. The highest BCUT2D eigenvalue weighted by Crippen LogP contribution is 2.60. The normalized spacial score (nSPS) is 33.5. The van der Waals surface area contributed by atoms with Gasteiger partial charge in [0.2, 0.25) is 5.88 Å². The predicted molar refractivity (Wildman–Crippen MR) is 93.0 cm³/mol. The molecule has 0 unspecified atom stereocenters. The Labute approximate surface area is 144 Å². The van der Waals surface area contributed by atoms with Crippen LogP contribution in [0.2, 0.25) is 0 Å². The Balaban J connectivity index is 1.50. The van der Waals surface area contributed by atoms with E-state index in [1.54, 1.807) is 6.20 Å². The van der Waals surface area contributed by atoms with Gasteiger partial charge in [0.05, 0.1) is 6.61 Å². The molecule has 0 aromatic carbocycles. The van der Waals surface area contributed by atoms with Gasteiger partial charge in [-0.05, 0) is 80.8 Å². The first kappa shape index (κ1) is 15.9. The number of ether oxygens (including phenoxy) is 1. The molecule has 130 valence electrons. The molecule has 0 N–H and O–H groups in total. The van der Waals surface area contributed by atoms with Gasteiger partial charge in [0.25, 0.3) is 5.91 Å². The molecule has 0 atom stereocenters. The van der Waals surface area contributed by atoms with Crippen molar-refractivity contribution in [2.45, 2.75) is 45.4 Å². The Morgan fingerprint density at radius 1 is 1.25 bits per heavy atom. The number of nitrogens with zero attached hydrogens (tertiary/aromatic N) is 2. The molecule has 0 aliphatic heterocycles. The quantitative estimate of drug-likeness (QED) is 0.826. The van der Waals surface area contributed by atoms with Gasteiger partial charge in [-0.15, -0.1) is 0 Å². The second-order valence-electron chi connectivity index (χ2n) is 8.37. The molecule has 4 fully saturated rings. The third-order valence-electron chi connectivity index (χ3n) is 6.37. The second kappa shape index (κ2) is 6.05. The van der Waals surface area contributed by atoms with Crippen LogP contribution in [0.25, 0.3) is 0 Å². The molecule has 1 aromatic rings. The Hall–Kier alpha value is -1.58. The van der Waals surface area contributed by atoms with E-state index in [4.69, 9.17) is 4.74 Å². The molecule has 4 heteroatoms. The summed E-state index contributed by atoms with van der Waals surface area (Å²) in [6.45, 7) is 3.33. The van der Waals surface area contributed by atoms with Crippen LogP contribution >= 0.6 is 0 Å². The molecule has 0 spiro atoms. The number of carbonyl (C=O) groups is 1. The topological polar surface area (TPSA) is 42.4 Å². The number of carbonyl (C=O) groups excluding carboxylic acids is 1. The number of hydrogen-bond acceptors (Lipinski definition) is 3. The zero-order valence-electron chi connectivity index (χ0n) is 14.8. The molecule has 1 heterocycles. The number of rotatable bonds is 5. The number of pyridine rings is 1. The lowest BCUT2D eigenvalue weighted by Gasteiger charge is -2.57. The van der Waals surface area contributed by atoms with Crippen molar-refractivity contribution in [1.82, 2.24) is 9.88 Å². The van der Waals surface area contributed by atoms with E-state index >= 15 is 0 Å². The van der Waals surface area contributed by atoms with E-state index in [-0.39, 0.29) is 5.91 Å². The minimum atomic E-state index is 0.0438. The fourth-order valence-corrected chi connectivity index (χ4v) is 6.07. The molecule has 5 rings (SSSR count). The van der Waals surface area contributed by atoms with Crippen LogP contribution in [0.1, 0.15) is 55.8 Å². The Bertz CT molecular complexity index is 593. The third-order valence-corrected chi connectivity index (χ3v) is 6.37. The highest BCUT2D eigenvalue weighted by molar-refractivity contribution is 5.96. The Kier molecular flexibility index (Phi) is 4.01. The van der Waals surface area contributed by atoms with Gasteiger partial charge >= 0.3 is 0 Å². The Morgan fingerprint density at radius 3 is 2.46 bits per heavy atom. The molecule has 1 amide bonds. The van der Waals surface area contributed by atoms with Gasteiger partial charge < -0.3 is 9.64 Å². The van der Waals surface area contributed by atoms with Crippen LogP contribution in [-0.2, 0) is 0 Å². The highest BCUT2D eigenvalue weighted by Gasteiger charge is 2.51. The van der Waals surface area contributed by atoms with E-state index in [1.807, 2.05) is 31.0 Å². The number of aromatic nitrogens is 1. The van der Waals surface area contributed by atoms with Crippen molar-refractivity contribution in [1.29, 1.82) is 0 Å². The van der Waals surface area contributed by atoms with E-state index in [0.29, 0.717) is 23.5 Å². The molecular formula is C20H28N2O2. The molecule has 4 aliphatic rings. The van der Waals surface area contributed by atoms with Crippen molar-refractivity contribution >= 4 is 5.91 Å². The summed E-state index contributed by atoms with van der Waals surface area (Å²) in [5.41, 5.74) is 0.958. The summed E-state index contributed by atoms with van der Waals surface area (Å²) in [6, 6.07) is 3.64. The van der Waals surface area contributed by atoms with Crippen molar-refractivity contribution in [3.05, 3.63) is 23.9 Å². The molecule has 4 aliphatic carbocycles. The lowest BCUT2D eigenvalue weighted by Crippen LogP contribution is -2.51. The minimum absolute atomic E-state index is 0.0438. The van der Waals surface area contributed by atoms with Crippen LogP contribution in [0.15, 0.2) is 18.3 Å². The summed E-state index contributed by atoms with van der Waals surface area (Å²) in [6.07, 6.45) is 9.96. The standard InChI is InChI=1S/C20H28N2O2/c1-3-24-18-17(5-4-6-21-18)19(23)22(2)13-20-10-14-7-15(11-20)9-16(8-14)12-20/h4-6,14-16H,3,7-13H2,1-2H3. The van der Waals surface area contributed by atoms with Crippen molar-refractivity contribution in [3.8, 4) is 5.88 Å². The lowest BCUT2D eigenvalue weighted by molar-refractivity contribution is -0.0629. The first-order valence-electron chi connectivity index (χ1n) is 9.42. The molecule has 1 aromatic heterocycles.